The predicted molar refractivity (Wildman–Crippen MR) is 72.1 cm³/mol. The van der Waals surface area contributed by atoms with E-state index in [0.29, 0.717) is 22.6 Å². The average molecular weight is 257 g/mol. The zero-order chi connectivity index (χ0) is 13.8. The van der Waals surface area contributed by atoms with Gasteiger partial charge in [0.05, 0.1) is 12.2 Å². The molecule has 98 valence electrons. The van der Waals surface area contributed by atoms with Crippen LogP contribution in [0.15, 0.2) is 42.5 Å². The molecule has 0 saturated carbocycles. The van der Waals surface area contributed by atoms with Gasteiger partial charge in [-0.2, -0.15) is 0 Å². The van der Waals surface area contributed by atoms with Crippen molar-refractivity contribution in [2.24, 2.45) is 5.73 Å². The van der Waals surface area contributed by atoms with E-state index >= 15 is 0 Å². The van der Waals surface area contributed by atoms with E-state index in [1.807, 2.05) is 19.1 Å². The van der Waals surface area contributed by atoms with Crippen LogP contribution in [-0.4, -0.2) is 11.0 Å². The molecule has 0 aromatic heterocycles. The molecule has 0 unspecified atom stereocenters. The first-order chi connectivity index (χ1) is 9.11. The standard InChI is InChI=1S/C15H15NO3/c1-10-6-7-13(11(8-10)9-17)19-14-5-3-2-4-12(14)15(16)18/h2-8,17H,9H2,1H3,(H2,16,18). The highest BCUT2D eigenvalue weighted by Crippen LogP contribution is 2.28. The third-order valence-electron chi connectivity index (χ3n) is 2.76. The summed E-state index contributed by atoms with van der Waals surface area (Å²) in [7, 11) is 0. The molecule has 4 heteroatoms. The number of benzene rings is 2. The Balaban J connectivity index is 2.39. The number of rotatable bonds is 4. The summed E-state index contributed by atoms with van der Waals surface area (Å²) in [6, 6.07) is 12.2. The van der Waals surface area contributed by atoms with E-state index in [2.05, 4.69) is 0 Å². The molecule has 3 N–H and O–H groups in total. The molecule has 0 radical (unpaired) electrons. The molecule has 0 atom stereocenters. The van der Waals surface area contributed by atoms with E-state index in [4.69, 9.17) is 10.5 Å². The van der Waals surface area contributed by atoms with Gasteiger partial charge in [-0.05, 0) is 25.1 Å². The van der Waals surface area contributed by atoms with E-state index in [-0.39, 0.29) is 6.61 Å². The number of hydrogen-bond acceptors (Lipinski definition) is 3. The Hall–Kier alpha value is -2.33. The molecule has 0 aliphatic carbocycles. The van der Waals surface area contributed by atoms with Crippen molar-refractivity contribution in [3.8, 4) is 11.5 Å². The maximum atomic E-state index is 11.3. The lowest BCUT2D eigenvalue weighted by atomic mass is 10.1. The van der Waals surface area contributed by atoms with Crippen LogP contribution in [0.1, 0.15) is 21.5 Å². The third-order valence-corrected chi connectivity index (χ3v) is 2.76. The summed E-state index contributed by atoms with van der Waals surface area (Å²) in [5.74, 6) is 0.351. The molecular weight excluding hydrogens is 242 g/mol. The Bertz CT molecular complexity index is 608. The molecular formula is C15H15NO3. The Kier molecular flexibility index (Phi) is 3.82. The van der Waals surface area contributed by atoms with Gasteiger partial charge >= 0.3 is 0 Å². The SMILES string of the molecule is Cc1ccc(Oc2ccccc2C(N)=O)c(CO)c1. The quantitative estimate of drug-likeness (QED) is 0.883. The number of amides is 1. The molecule has 0 spiro atoms. The van der Waals surface area contributed by atoms with Gasteiger partial charge in [0, 0.05) is 5.56 Å². The summed E-state index contributed by atoms with van der Waals surface area (Å²) in [5.41, 5.74) is 7.30. The summed E-state index contributed by atoms with van der Waals surface area (Å²) >= 11 is 0. The second kappa shape index (κ2) is 5.54. The number of carbonyl (C=O) groups is 1. The normalized spacial score (nSPS) is 10.2. The van der Waals surface area contributed by atoms with Crippen LogP contribution in [0, 0.1) is 6.92 Å². The average Bonchev–Trinajstić information content (AvgIpc) is 2.41. The zero-order valence-corrected chi connectivity index (χ0v) is 10.6. The lowest BCUT2D eigenvalue weighted by Gasteiger charge is -2.12. The summed E-state index contributed by atoms with van der Waals surface area (Å²) < 4.78 is 5.69. The van der Waals surface area contributed by atoms with Crippen molar-refractivity contribution in [2.45, 2.75) is 13.5 Å². The molecule has 4 nitrogen and oxygen atoms in total. The van der Waals surface area contributed by atoms with Crippen molar-refractivity contribution in [1.29, 1.82) is 0 Å². The molecule has 0 fully saturated rings. The van der Waals surface area contributed by atoms with Gasteiger partial charge in [-0.3, -0.25) is 4.79 Å². The fourth-order valence-corrected chi connectivity index (χ4v) is 1.81. The van der Waals surface area contributed by atoms with E-state index in [1.165, 1.54) is 0 Å². The summed E-state index contributed by atoms with van der Waals surface area (Å²) in [6.07, 6.45) is 0. The number of aliphatic hydroxyl groups excluding tert-OH is 1. The molecule has 1 amide bonds. The summed E-state index contributed by atoms with van der Waals surface area (Å²) in [4.78, 5) is 11.3. The maximum Gasteiger partial charge on any atom is 0.252 e. The first kappa shape index (κ1) is 13.1. The van der Waals surface area contributed by atoms with Gasteiger partial charge in [0.1, 0.15) is 11.5 Å². The number of ether oxygens (including phenoxy) is 1. The molecule has 2 aromatic carbocycles. The number of carbonyl (C=O) groups excluding carboxylic acids is 1. The number of hydrogen-bond donors (Lipinski definition) is 2. The lowest BCUT2D eigenvalue weighted by Crippen LogP contribution is -2.12. The van der Waals surface area contributed by atoms with Crippen LogP contribution in [-0.2, 0) is 6.61 Å². The van der Waals surface area contributed by atoms with Crippen molar-refractivity contribution in [1.82, 2.24) is 0 Å². The Morgan fingerprint density at radius 3 is 2.63 bits per heavy atom. The van der Waals surface area contributed by atoms with Crippen molar-refractivity contribution in [3.05, 3.63) is 59.2 Å². The van der Waals surface area contributed by atoms with Gasteiger partial charge in [0.2, 0.25) is 0 Å². The molecule has 0 saturated heterocycles. The largest absolute Gasteiger partial charge is 0.456 e. The second-order valence-electron chi connectivity index (χ2n) is 4.23. The van der Waals surface area contributed by atoms with Crippen molar-refractivity contribution >= 4 is 5.91 Å². The molecule has 0 bridgehead atoms. The number of nitrogens with two attached hydrogens (primary N) is 1. The first-order valence-electron chi connectivity index (χ1n) is 5.89. The lowest BCUT2D eigenvalue weighted by molar-refractivity contribution is 0.0998. The number of para-hydroxylation sites is 1. The Morgan fingerprint density at radius 2 is 1.95 bits per heavy atom. The molecule has 0 aliphatic rings. The van der Waals surface area contributed by atoms with Gasteiger partial charge in [-0.25, -0.2) is 0 Å². The van der Waals surface area contributed by atoms with Gasteiger partial charge in [-0.15, -0.1) is 0 Å². The highest BCUT2D eigenvalue weighted by Gasteiger charge is 2.11. The van der Waals surface area contributed by atoms with E-state index in [0.717, 1.165) is 5.56 Å². The van der Waals surface area contributed by atoms with Crippen molar-refractivity contribution in [2.75, 3.05) is 0 Å². The maximum absolute atomic E-state index is 11.3. The highest BCUT2D eigenvalue weighted by atomic mass is 16.5. The first-order valence-corrected chi connectivity index (χ1v) is 5.89. The van der Waals surface area contributed by atoms with Crippen LogP contribution >= 0.6 is 0 Å². The van der Waals surface area contributed by atoms with Crippen LogP contribution in [0.25, 0.3) is 0 Å². The van der Waals surface area contributed by atoms with Crippen LogP contribution in [0.2, 0.25) is 0 Å². The molecule has 2 rings (SSSR count). The van der Waals surface area contributed by atoms with Crippen molar-refractivity contribution < 1.29 is 14.6 Å². The zero-order valence-electron chi connectivity index (χ0n) is 10.6. The second-order valence-corrected chi connectivity index (χ2v) is 4.23. The fraction of sp³-hybridized carbons (Fsp3) is 0.133. The molecule has 19 heavy (non-hydrogen) atoms. The minimum absolute atomic E-state index is 0.129. The van der Waals surface area contributed by atoms with Crippen LogP contribution in [0.3, 0.4) is 0 Å². The number of aliphatic hydroxyl groups is 1. The van der Waals surface area contributed by atoms with E-state index < -0.39 is 5.91 Å². The smallest absolute Gasteiger partial charge is 0.252 e. The van der Waals surface area contributed by atoms with E-state index in [9.17, 15) is 9.90 Å². The number of aryl methyl sites for hydroxylation is 1. The predicted octanol–water partition coefficient (Wildman–Crippen LogP) is 2.38. The van der Waals surface area contributed by atoms with E-state index in [1.54, 1.807) is 30.3 Å². The third kappa shape index (κ3) is 2.92. The van der Waals surface area contributed by atoms with Gasteiger partial charge in [0.15, 0.2) is 0 Å². The van der Waals surface area contributed by atoms with Crippen LogP contribution < -0.4 is 10.5 Å². The highest BCUT2D eigenvalue weighted by molar-refractivity contribution is 5.95. The number of primary amides is 1. The summed E-state index contributed by atoms with van der Waals surface area (Å²) in [6.45, 7) is 1.80. The molecule has 2 aromatic rings. The fourth-order valence-electron chi connectivity index (χ4n) is 1.81. The van der Waals surface area contributed by atoms with Crippen LogP contribution in [0.5, 0.6) is 11.5 Å². The molecule has 0 heterocycles. The minimum Gasteiger partial charge on any atom is -0.456 e. The topological polar surface area (TPSA) is 72.5 Å². The monoisotopic (exact) mass is 257 g/mol. The summed E-state index contributed by atoms with van der Waals surface area (Å²) in [5, 5.41) is 9.33. The van der Waals surface area contributed by atoms with Crippen molar-refractivity contribution in [3.63, 3.8) is 0 Å². The minimum atomic E-state index is -0.548. The van der Waals surface area contributed by atoms with Gasteiger partial charge in [0.25, 0.3) is 5.91 Å². The molecule has 0 aliphatic heterocycles. The van der Waals surface area contributed by atoms with Gasteiger partial charge in [-0.1, -0.05) is 29.8 Å². The van der Waals surface area contributed by atoms with Gasteiger partial charge < -0.3 is 15.6 Å². The van der Waals surface area contributed by atoms with Crippen LogP contribution in [0.4, 0.5) is 0 Å². The Morgan fingerprint density at radius 1 is 1.21 bits per heavy atom. The Labute approximate surface area is 111 Å².